The first-order valence-electron chi connectivity index (χ1n) is 8.78. The van der Waals surface area contributed by atoms with Crippen molar-refractivity contribution in [2.45, 2.75) is 26.3 Å². The molecule has 0 radical (unpaired) electrons. The summed E-state index contributed by atoms with van der Waals surface area (Å²) in [6.07, 6.45) is 1.75. The molecule has 4 nitrogen and oxygen atoms in total. The van der Waals surface area contributed by atoms with Gasteiger partial charge in [0.25, 0.3) is 5.91 Å². The van der Waals surface area contributed by atoms with Crippen molar-refractivity contribution in [2.75, 3.05) is 4.90 Å². The molecule has 6 heteroatoms. The van der Waals surface area contributed by atoms with Crippen LogP contribution in [-0.2, 0) is 6.54 Å². The van der Waals surface area contributed by atoms with E-state index in [1.807, 2.05) is 35.7 Å². The van der Waals surface area contributed by atoms with Crippen molar-refractivity contribution in [1.82, 2.24) is 9.97 Å². The molecule has 0 spiro atoms. The molecule has 0 bridgehead atoms. The standard InChI is InChI=1S/C21H19N3OS2/c1-14(2)16-8-5-9-17-19(16)23-21(27-17)24(13-15-7-3-4-11-22-15)20(25)18-10-6-12-26-18/h3-12,14H,13H2,1-2H3. The second-order valence-corrected chi connectivity index (χ2v) is 8.49. The number of rotatable bonds is 5. The Bertz CT molecular complexity index is 1060. The second kappa shape index (κ2) is 7.58. The van der Waals surface area contributed by atoms with Gasteiger partial charge in [0, 0.05) is 6.20 Å². The first-order chi connectivity index (χ1) is 13.1. The lowest BCUT2D eigenvalue weighted by Gasteiger charge is -2.18. The van der Waals surface area contributed by atoms with E-state index in [0.29, 0.717) is 22.5 Å². The molecule has 0 saturated carbocycles. The molecule has 3 aromatic heterocycles. The van der Waals surface area contributed by atoms with Crippen LogP contribution in [-0.4, -0.2) is 15.9 Å². The van der Waals surface area contributed by atoms with E-state index in [1.165, 1.54) is 16.9 Å². The summed E-state index contributed by atoms with van der Waals surface area (Å²) in [7, 11) is 0. The minimum absolute atomic E-state index is 0.0409. The average molecular weight is 394 g/mol. The highest BCUT2D eigenvalue weighted by atomic mass is 32.1. The molecule has 136 valence electrons. The minimum Gasteiger partial charge on any atom is -0.277 e. The van der Waals surface area contributed by atoms with Gasteiger partial charge in [-0.3, -0.25) is 14.7 Å². The van der Waals surface area contributed by atoms with Gasteiger partial charge in [0.15, 0.2) is 5.13 Å². The van der Waals surface area contributed by atoms with Gasteiger partial charge in [-0.05, 0) is 41.1 Å². The van der Waals surface area contributed by atoms with Gasteiger partial charge in [0.2, 0.25) is 0 Å². The highest BCUT2D eigenvalue weighted by Gasteiger charge is 2.23. The normalized spacial score (nSPS) is 11.2. The van der Waals surface area contributed by atoms with E-state index in [9.17, 15) is 4.79 Å². The molecular formula is C21H19N3OS2. The number of hydrogen-bond donors (Lipinski definition) is 0. The lowest BCUT2D eigenvalue weighted by molar-refractivity contribution is 0.0988. The zero-order valence-corrected chi connectivity index (χ0v) is 16.8. The predicted octanol–water partition coefficient (Wildman–Crippen LogP) is 5.72. The number of para-hydroxylation sites is 1. The number of fused-ring (bicyclic) bond motifs is 1. The van der Waals surface area contributed by atoms with E-state index in [2.05, 4.69) is 37.0 Å². The maximum atomic E-state index is 13.2. The van der Waals surface area contributed by atoms with E-state index < -0.39 is 0 Å². The molecule has 0 fully saturated rings. The number of aromatic nitrogens is 2. The Morgan fingerprint density at radius 3 is 2.70 bits per heavy atom. The molecule has 4 aromatic rings. The molecule has 1 aromatic carbocycles. The number of carbonyl (C=O) groups is 1. The topological polar surface area (TPSA) is 46.1 Å². The Morgan fingerprint density at radius 1 is 1.11 bits per heavy atom. The molecule has 0 aliphatic heterocycles. The van der Waals surface area contributed by atoms with Gasteiger partial charge in [-0.1, -0.05) is 49.4 Å². The molecule has 0 aliphatic rings. The van der Waals surface area contributed by atoms with E-state index in [1.54, 1.807) is 22.4 Å². The van der Waals surface area contributed by atoms with Gasteiger partial charge in [0.1, 0.15) is 0 Å². The summed E-state index contributed by atoms with van der Waals surface area (Å²) in [6.45, 7) is 4.72. The smallest absolute Gasteiger partial charge is 0.270 e. The van der Waals surface area contributed by atoms with Crippen LogP contribution in [0.25, 0.3) is 10.2 Å². The number of thiazole rings is 1. The Kier molecular flexibility index (Phi) is 5.01. The number of anilines is 1. The molecule has 0 saturated heterocycles. The van der Waals surface area contributed by atoms with E-state index in [-0.39, 0.29) is 5.91 Å². The van der Waals surface area contributed by atoms with Gasteiger partial charge in [-0.2, -0.15) is 0 Å². The number of nitrogens with zero attached hydrogens (tertiary/aromatic N) is 3. The van der Waals surface area contributed by atoms with Crippen LogP contribution in [0.4, 0.5) is 5.13 Å². The highest BCUT2D eigenvalue weighted by Crippen LogP contribution is 2.34. The van der Waals surface area contributed by atoms with E-state index in [0.717, 1.165) is 15.9 Å². The van der Waals surface area contributed by atoms with Gasteiger partial charge in [-0.25, -0.2) is 4.98 Å². The first kappa shape index (κ1) is 17.8. The van der Waals surface area contributed by atoms with Crippen LogP contribution in [0.15, 0.2) is 60.1 Å². The van der Waals surface area contributed by atoms with Crippen LogP contribution in [0.5, 0.6) is 0 Å². The van der Waals surface area contributed by atoms with Crippen LogP contribution in [0, 0.1) is 0 Å². The Labute approximate surface area is 166 Å². The molecule has 3 heterocycles. The summed E-state index contributed by atoms with van der Waals surface area (Å²) in [4.78, 5) is 24.9. The van der Waals surface area contributed by atoms with Crippen LogP contribution in [0.2, 0.25) is 0 Å². The summed E-state index contributed by atoms with van der Waals surface area (Å²) < 4.78 is 1.10. The van der Waals surface area contributed by atoms with Crippen molar-refractivity contribution in [2.24, 2.45) is 0 Å². The second-order valence-electron chi connectivity index (χ2n) is 6.53. The SMILES string of the molecule is CC(C)c1cccc2sc(N(Cc3ccccn3)C(=O)c3cccs3)nc12. The quantitative estimate of drug-likeness (QED) is 0.435. The number of pyridine rings is 1. The third-order valence-electron chi connectivity index (χ3n) is 4.32. The van der Waals surface area contributed by atoms with Crippen molar-refractivity contribution < 1.29 is 4.79 Å². The number of thiophene rings is 1. The zero-order chi connectivity index (χ0) is 18.8. The van der Waals surface area contributed by atoms with Crippen molar-refractivity contribution >= 4 is 43.9 Å². The lowest BCUT2D eigenvalue weighted by atomic mass is 10.0. The van der Waals surface area contributed by atoms with Gasteiger partial charge in [0.05, 0.1) is 27.3 Å². The molecule has 4 rings (SSSR count). The molecule has 0 unspecified atom stereocenters. The van der Waals surface area contributed by atoms with Crippen molar-refractivity contribution in [1.29, 1.82) is 0 Å². The number of hydrogen-bond acceptors (Lipinski definition) is 5. The summed E-state index contributed by atoms with van der Waals surface area (Å²) in [5, 5.41) is 2.63. The van der Waals surface area contributed by atoms with Gasteiger partial charge < -0.3 is 0 Å². The third-order valence-corrected chi connectivity index (χ3v) is 6.22. The monoisotopic (exact) mass is 393 g/mol. The summed E-state index contributed by atoms with van der Waals surface area (Å²) in [5.41, 5.74) is 3.03. The van der Waals surface area contributed by atoms with Gasteiger partial charge in [-0.15, -0.1) is 11.3 Å². The first-order valence-corrected chi connectivity index (χ1v) is 10.5. The lowest BCUT2D eigenvalue weighted by Crippen LogP contribution is -2.30. The van der Waals surface area contributed by atoms with E-state index in [4.69, 9.17) is 4.98 Å². The summed E-state index contributed by atoms with van der Waals surface area (Å²) in [5.74, 6) is 0.335. The molecule has 0 aliphatic carbocycles. The van der Waals surface area contributed by atoms with Gasteiger partial charge >= 0.3 is 0 Å². The van der Waals surface area contributed by atoms with Crippen molar-refractivity contribution in [3.8, 4) is 0 Å². The predicted molar refractivity (Wildman–Crippen MR) is 113 cm³/mol. The van der Waals surface area contributed by atoms with Crippen LogP contribution < -0.4 is 4.90 Å². The van der Waals surface area contributed by atoms with Crippen LogP contribution in [0.3, 0.4) is 0 Å². The molecule has 1 amide bonds. The maximum Gasteiger partial charge on any atom is 0.270 e. The van der Waals surface area contributed by atoms with Crippen LogP contribution >= 0.6 is 22.7 Å². The fraction of sp³-hybridized carbons (Fsp3) is 0.190. The Morgan fingerprint density at radius 2 is 2.00 bits per heavy atom. The van der Waals surface area contributed by atoms with Crippen LogP contribution in [0.1, 0.15) is 40.7 Å². The maximum absolute atomic E-state index is 13.2. The average Bonchev–Trinajstić information content (AvgIpc) is 3.35. The Hall–Kier alpha value is -2.57. The summed E-state index contributed by atoms with van der Waals surface area (Å²) >= 11 is 3.00. The number of carbonyl (C=O) groups excluding carboxylic acids is 1. The molecular weight excluding hydrogens is 374 g/mol. The molecule has 0 N–H and O–H groups in total. The zero-order valence-electron chi connectivity index (χ0n) is 15.1. The molecule has 0 atom stereocenters. The Balaban J connectivity index is 1.79. The third kappa shape index (κ3) is 3.63. The summed E-state index contributed by atoms with van der Waals surface area (Å²) in [6, 6.07) is 15.7. The minimum atomic E-state index is -0.0409. The largest absolute Gasteiger partial charge is 0.277 e. The number of amides is 1. The molecule has 27 heavy (non-hydrogen) atoms. The fourth-order valence-electron chi connectivity index (χ4n) is 2.95. The highest BCUT2D eigenvalue weighted by molar-refractivity contribution is 7.22. The van der Waals surface area contributed by atoms with Crippen molar-refractivity contribution in [3.63, 3.8) is 0 Å². The number of benzene rings is 1. The fourth-order valence-corrected chi connectivity index (χ4v) is 4.62. The van der Waals surface area contributed by atoms with E-state index >= 15 is 0 Å². The van der Waals surface area contributed by atoms with Crippen molar-refractivity contribution in [3.05, 3.63) is 76.2 Å².